The van der Waals surface area contributed by atoms with E-state index in [1.807, 2.05) is 47.9 Å². The van der Waals surface area contributed by atoms with Crippen LogP contribution in [0.15, 0.2) is 42.2 Å². The summed E-state index contributed by atoms with van der Waals surface area (Å²) in [7, 11) is 1.89. The van der Waals surface area contributed by atoms with Crippen LogP contribution in [0, 0.1) is 0 Å². The lowest BCUT2D eigenvalue weighted by atomic mass is 10.1. The molecule has 1 aliphatic rings. The quantitative estimate of drug-likeness (QED) is 0.736. The number of carbonyl (C=O) groups excluding carboxylic acids is 1. The Morgan fingerprint density at radius 2 is 2.29 bits per heavy atom. The molecule has 1 amide bonds. The van der Waals surface area contributed by atoms with Crippen LogP contribution in [-0.2, 0) is 7.05 Å². The highest BCUT2D eigenvalue weighted by Gasteiger charge is 2.32. The van der Waals surface area contributed by atoms with Crippen molar-refractivity contribution in [2.45, 2.75) is 18.9 Å². The third-order valence-electron chi connectivity index (χ3n) is 4.23. The van der Waals surface area contributed by atoms with Gasteiger partial charge in [0.05, 0.1) is 17.9 Å². The number of aromatic nitrogens is 4. The van der Waals surface area contributed by atoms with Crippen molar-refractivity contribution >= 4 is 17.2 Å². The van der Waals surface area contributed by atoms with E-state index in [0.717, 1.165) is 35.7 Å². The van der Waals surface area contributed by atoms with Gasteiger partial charge in [-0.25, -0.2) is 4.98 Å². The van der Waals surface area contributed by atoms with Gasteiger partial charge >= 0.3 is 0 Å². The second-order valence-electron chi connectivity index (χ2n) is 5.86. The molecule has 0 aromatic carbocycles. The monoisotopic (exact) mass is 339 g/mol. The number of thiazole rings is 1. The molecular formula is C17H17N5OS. The van der Waals surface area contributed by atoms with Crippen molar-refractivity contribution in [3.8, 4) is 10.7 Å². The van der Waals surface area contributed by atoms with E-state index in [4.69, 9.17) is 0 Å². The zero-order valence-electron chi connectivity index (χ0n) is 13.3. The van der Waals surface area contributed by atoms with Gasteiger partial charge in [-0.15, -0.1) is 11.3 Å². The Bertz CT molecular complexity index is 857. The van der Waals surface area contributed by atoms with E-state index in [1.54, 1.807) is 10.9 Å². The summed E-state index contributed by atoms with van der Waals surface area (Å²) in [5, 5.41) is 6.83. The number of rotatable bonds is 3. The van der Waals surface area contributed by atoms with E-state index in [0.29, 0.717) is 5.69 Å². The fourth-order valence-electron chi connectivity index (χ4n) is 3.09. The number of carbonyl (C=O) groups is 1. The molecule has 0 aliphatic carbocycles. The molecule has 0 bridgehead atoms. The zero-order valence-corrected chi connectivity index (χ0v) is 14.1. The highest BCUT2D eigenvalue weighted by molar-refractivity contribution is 7.13. The summed E-state index contributed by atoms with van der Waals surface area (Å²) >= 11 is 1.45. The lowest BCUT2D eigenvalue weighted by molar-refractivity contribution is 0.0730. The summed E-state index contributed by atoms with van der Waals surface area (Å²) in [6.45, 7) is 0.759. The molecule has 1 fully saturated rings. The lowest BCUT2D eigenvalue weighted by Crippen LogP contribution is -2.30. The SMILES string of the molecule is Cn1cc([C@@H]2CCCN2C(=O)c2csc(-c3ccccn3)n2)cn1. The van der Waals surface area contributed by atoms with Gasteiger partial charge in [0.15, 0.2) is 0 Å². The van der Waals surface area contributed by atoms with E-state index < -0.39 is 0 Å². The third kappa shape index (κ3) is 2.71. The van der Waals surface area contributed by atoms with Crippen molar-refractivity contribution < 1.29 is 4.79 Å². The van der Waals surface area contributed by atoms with Crippen molar-refractivity contribution in [2.24, 2.45) is 7.05 Å². The molecular weight excluding hydrogens is 322 g/mol. The minimum Gasteiger partial charge on any atom is -0.330 e. The first-order valence-corrected chi connectivity index (χ1v) is 8.77. The summed E-state index contributed by atoms with van der Waals surface area (Å²) in [6.07, 6.45) is 7.53. The largest absolute Gasteiger partial charge is 0.330 e. The van der Waals surface area contributed by atoms with Crippen molar-refractivity contribution in [3.63, 3.8) is 0 Å². The molecule has 6 nitrogen and oxygen atoms in total. The molecule has 1 atom stereocenters. The van der Waals surface area contributed by atoms with Crippen LogP contribution in [0.3, 0.4) is 0 Å². The summed E-state index contributed by atoms with van der Waals surface area (Å²) < 4.78 is 1.78. The Labute approximate surface area is 143 Å². The van der Waals surface area contributed by atoms with Crippen LogP contribution in [0.2, 0.25) is 0 Å². The Hall–Kier alpha value is -2.54. The standard InChI is InChI=1S/C17H17N5OS/c1-21-10-12(9-19-21)15-6-4-8-22(15)17(23)14-11-24-16(20-14)13-5-2-3-7-18-13/h2-3,5,7,9-11,15H,4,6,8H2,1H3/t15-/m0/s1. The van der Waals surface area contributed by atoms with E-state index in [2.05, 4.69) is 15.1 Å². The molecule has 122 valence electrons. The van der Waals surface area contributed by atoms with Gasteiger partial charge in [-0.3, -0.25) is 14.5 Å². The first-order chi connectivity index (χ1) is 11.7. The van der Waals surface area contributed by atoms with Crippen LogP contribution >= 0.6 is 11.3 Å². The van der Waals surface area contributed by atoms with Crippen molar-refractivity contribution in [2.75, 3.05) is 6.54 Å². The maximum Gasteiger partial charge on any atom is 0.273 e. The van der Waals surface area contributed by atoms with Crippen molar-refractivity contribution in [1.29, 1.82) is 0 Å². The molecule has 0 N–H and O–H groups in total. The number of aryl methyl sites for hydroxylation is 1. The van der Waals surface area contributed by atoms with E-state index in [1.165, 1.54) is 11.3 Å². The van der Waals surface area contributed by atoms with Gasteiger partial charge in [0.2, 0.25) is 0 Å². The lowest BCUT2D eigenvalue weighted by Gasteiger charge is -2.22. The zero-order chi connectivity index (χ0) is 16.5. The van der Waals surface area contributed by atoms with Crippen LogP contribution in [0.25, 0.3) is 10.7 Å². The Morgan fingerprint density at radius 3 is 3.04 bits per heavy atom. The highest BCUT2D eigenvalue weighted by Crippen LogP contribution is 2.33. The predicted octanol–water partition coefficient (Wildman–Crippen LogP) is 2.92. The van der Waals surface area contributed by atoms with Gasteiger partial charge in [0.1, 0.15) is 10.7 Å². The second-order valence-corrected chi connectivity index (χ2v) is 6.71. The van der Waals surface area contributed by atoms with E-state index in [-0.39, 0.29) is 11.9 Å². The fraction of sp³-hybridized carbons (Fsp3) is 0.294. The first-order valence-electron chi connectivity index (χ1n) is 7.89. The Morgan fingerprint density at radius 1 is 1.38 bits per heavy atom. The Balaban J connectivity index is 1.58. The van der Waals surface area contributed by atoms with E-state index in [9.17, 15) is 4.79 Å². The number of nitrogens with zero attached hydrogens (tertiary/aromatic N) is 5. The number of amides is 1. The minimum atomic E-state index is -0.0141. The van der Waals surface area contributed by atoms with Crippen LogP contribution < -0.4 is 0 Å². The molecule has 0 radical (unpaired) electrons. The number of hydrogen-bond acceptors (Lipinski definition) is 5. The Kier molecular flexibility index (Phi) is 3.86. The molecule has 4 heterocycles. The van der Waals surface area contributed by atoms with Gasteiger partial charge in [0.25, 0.3) is 5.91 Å². The van der Waals surface area contributed by atoms with Crippen molar-refractivity contribution in [1.82, 2.24) is 24.6 Å². The smallest absolute Gasteiger partial charge is 0.273 e. The number of hydrogen-bond donors (Lipinski definition) is 0. The fourth-order valence-corrected chi connectivity index (χ4v) is 3.86. The summed E-state index contributed by atoms with van der Waals surface area (Å²) in [6, 6.07) is 5.78. The molecule has 3 aromatic heterocycles. The average Bonchev–Trinajstić information content (AvgIpc) is 3.35. The molecule has 0 unspecified atom stereocenters. The molecule has 0 spiro atoms. The normalized spacial score (nSPS) is 17.4. The maximum absolute atomic E-state index is 12.9. The van der Waals surface area contributed by atoms with Gasteiger partial charge in [0, 0.05) is 36.9 Å². The molecule has 7 heteroatoms. The number of likely N-dealkylation sites (tertiary alicyclic amines) is 1. The summed E-state index contributed by atoms with van der Waals surface area (Å²) in [5.41, 5.74) is 2.38. The van der Waals surface area contributed by atoms with Gasteiger partial charge < -0.3 is 4.90 Å². The molecule has 1 aliphatic heterocycles. The summed E-state index contributed by atoms with van der Waals surface area (Å²) in [5.74, 6) is -0.0141. The molecule has 24 heavy (non-hydrogen) atoms. The average molecular weight is 339 g/mol. The molecule has 3 aromatic rings. The first kappa shape index (κ1) is 15.0. The minimum absolute atomic E-state index is 0.0141. The molecule has 0 saturated carbocycles. The highest BCUT2D eigenvalue weighted by atomic mass is 32.1. The molecule has 1 saturated heterocycles. The van der Waals surface area contributed by atoms with Crippen LogP contribution in [0.5, 0.6) is 0 Å². The molecule has 4 rings (SSSR count). The third-order valence-corrected chi connectivity index (χ3v) is 5.10. The van der Waals surface area contributed by atoms with Crippen LogP contribution in [0.4, 0.5) is 0 Å². The summed E-state index contributed by atoms with van der Waals surface area (Å²) in [4.78, 5) is 23.6. The van der Waals surface area contributed by atoms with E-state index >= 15 is 0 Å². The van der Waals surface area contributed by atoms with Gasteiger partial charge in [-0.2, -0.15) is 5.10 Å². The topological polar surface area (TPSA) is 63.9 Å². The van der Waals surface area contributed by atoms with Gasteiger partial charge in [-0.05, 0) is 25.0 Å². The second kappa shape index (κ2) is 6.16. The van der Waals surface area contributed by atoms with Crippen LogP contribution in [-0.4, -0.2) is 37.1 Å². The van der Waals surface area contributed by atoms with Crippen LogP contribution in [0.1, 0.15) is 34.9 Å². The maximum atomic E-state index is 12.9. The van der Waals surface area contributed by atoms with Gasteiger partial charge in [-0.1, -0.05) is 6.07 Å². The predicted molar refractivity (Wildman–Crippen MR) is 91.6 cm³/mol. The number of pyridine rings is 1. The van der Waals surface area contributed by atoms with Crippen molar-refractivity contribution in [3.05, 3.63) is 53.4 Å².